The molecule has 1 aromatic carbocycles. The highest BCUT2D eigenvalue weighted by molar-refractivity contribution is 5.95. The zero-order chi connectivity index (χ0) is 17.4. The third-order valence-electron chi connectivity index (χ3n) is 5.71. The number of benzene rings is 1. The van der Waals surface area contributed by atoms with E-state index in [1.54, 1.807) is 6.20 Å². The van der Waals surface area contributed by atoms with Crippen molar-refractivity contribution in [2.75, 3.05) is 13.1 Å². The number of likely N-dealkylation sites (tertiary alicyclic amines) is 1. The first-order chi connectivity index (χ1) is 12.1. The average molecular weight is 341 g/mol. The Morgan fingerprint density at radius 1 is 1.12 bits per heavy atom. The first kappa shape index (κ1) is 16.3. The second-order valence-corrected chi connectivity index (χ2v) is 7.34. The van der Waals surface area contributed by atoms with Gasteiger partial charge in [-0.3, -0.25) is 9.48 Å². The maximum absolute atomic E-state index is 13.0. The summed E-state index contributed by atoms with van der Waals surface area (Å²) in [5, 5.41) is 4.52. The van der Waals surface area contributed by atoms with Crippen molar-refractivity contribution < 1.29 is 9.18 Å². The largest absolute Gasteiger partial charge is 0.337 e. The van der Waals surface area contributed by atoms with Crippen molar-refractivity contribution in [1.82, 2.24) is 14.7 Å². The van der Waals surface area contributed by atoms with E-state index in [0.717, 1.165) is 29.7 Å². The van der Waals surface area contributed by atoms with Gasteiger partial charge in [-0.25, -0.2) is 4.39 Å². The summed E-state index contributed by atoms with van der Waals surface area (Å²) in [5.41, 5.74) is 2.81. The molecule has 1 aromatic heterocycles. The summed E-state index contributed by atoms with van der Waals surface area (Å²) in [7, 11) is 0. The Hall–Kier alpha value is -2.17. The number of rotatable bonds is 3. The lowest BCUT2D eigenvalue weighted by Gasteiger charge is -2.39. The Labute approximate surface area is 147 Å². The monoisotopic (exact) mass is 341 g/mol. The molecule has 1 saturated carbocycles. The SMILES string of the molecule is Cc1c(C(=O)N2CC(c3ccc(F)cc3)C2)cnn1C1CCCCC1. The molecule has 2 aliphatic rings. The van der Waals surface area contributed by atoms with Crippen LogP contribution >= 0.6 is 0 Å². The maximum atomic E-state index is 13.0. The Balaban J connectivity index is 1.42. The molecule has 132 valence electrons. The predicted octanol–water partition coefficient (Wildman–Crippen LogP) is 4.08. The van der Waals surface area contributed by atoms with Crippen molar-refractivity contribution in [3.05, 3.63) is 53.1 Å². The number of carbonyl (C=O) groups is 1. The summed E-state index contributed by atoms with van der Waals surface area (Å²) in [4.78, 5) is 14.7. The smallest absolute Gasteiger partial charge is 0.257 e. The van der Waals surface area contributed by atoms with Crippen LogP contribution in [0.15, 0.2) is 30.5 Å². The maximum Gasteiger partial charge on any atom is 0.257 e. The third-order valence-corrected chi connectivity index (χ3v) is 5.71. The molecular weight excluding hydrogens is 317 g/mol. The van der Waals surface area contributed by atoms with Crippen LogP contribution in [0.3, 0.4) is 0 Å². The van der Waals surface area contributed by atoms with Crippen molar-refractivity contribution in [1.29, 1.82) is 0 Å². The van der Waals surface area contributed by atoms with Crippen molar-refractivity contribution in [3.63, 3.8) is 0 Å². The van der Waals surface area contributed by atoms with Gasteiger partial charge in [-0.15, -0.1) is 0 Å². The van der Waals surface area contributed by atoms with Crippen LogP contribution in [-0.2, 0) is 0 Å². The van der Waals surface area contributed by atoms with Crippen molar-refractivity contribution >= 4 is 5.91 Å². The van der Waals surface area contributed by atoms with Crippen LogP contribution in [0.2, 0.25) is 0 Å². The van der Waals surface area contributed by atoms with Crippen LogP contribution in [-0.4, -0.2) is 33.7 Å². The van der Waals surface area contributed by atoms with Gasteiger partial charge in [-0.2, -0.15) is 5.10 Å². The number of aromatic nitrogens is 2. The molecular formula is C20H24FN3O. The molecule has 1 saturated heterocycles. The fraction of sp³-hybridized carbons (Fsp3) is 0.500. The van der Waals surface area contributed by atoms with E-state index >= 15 is 0 Å². The predicted molar refractivity (Wildman–Crippen MR) is 94.1 cm³/mol. The number of hydrogen-bond donors (Lipinski definition) is 0. The molecule has 0 bridgehead atoms. The molecule has 2 heterocycles. The van der Waals surface area contributed by atoms with Gasteiger partial charge >= 0.3 is 0 Å². The molecule has 1 aliphatic heterocycles. The van der Waals surface area contributed by atoms with Gasteiger partial charge in [0.15, 0.2) is 0 Å². The molecule has 5 heteroatoms. The van der Waals surface area contributed by atoms with Gasteiger partial charge in [0.2, 0.25) is 0 Å². The van der Waals surface area contributed by atoms with E-state index in [1.807, 2.05) is 24.0 Å². The van der Waals surface area contributed by atoms with E-state index < -0.39 is 0 Å². The Morgan fingerprint density at radius 3 is 2.48 bits per heavy atom. The number of carbonyl (C=O) groups excluding carboxylic acids is 1. The minimum Gasteiger partial charge on any atom is -0.337 e. The van der Waals surface area contributed by atoms with E-state index in [2.05, 4.69) is 9.78 Å². The molecule has 0 atom stereocenters. The zero-order valence-electron chi connectivity index (χ0n) is 14.6. The van der Waals surface area contributed by atoms with Gasteiger partial charge in [-0.05, 0) is 37.5 Å². The summed E-state index contributed by atoms with van der Waals surface area (Å²) in [6, 6.07) is 7.04. The van der Waals surface area contributed by atoms with Crippen LogP contribution in [0.4, 0.5) is 4.39 Å². The minimum atomic E-state index is -0.221. The minimum absolute atomic E-state index is 0.0675. The highest BCUT2D eigenvalue weighted by atomic mass is 19.1. The molecule has 4 nitrogen and oxygen atoms in total. The summed E-state index contributed by atoms with van der Waals surface area (Å²) < 4.78 is 15.1. The second-order valence-electron chi connectivity index (χ2n) is 7.34. The summed E-state index contributed by atoms with van der Waals surface area (Å²) >= 11 is 0. The lowest BCUT2D eigenvalue weighted by molar-refractivity contribution is 0.0601. The van der Waals surface area contributed by atoms with Gasteiger partial charge < -0.3 is 4.90 Å². The van der Waals surface area contributed by atoms with Gasteiger partial charge in [0.25, 0.3) is 5.91 Å². The molecule has 1 amide bonds. The summed E-state index contributed by atoms with van der Waals surface area (Å²) in [5.74, 6) is 0.151. The average Bonchev–Trinajstić information content (AvgIpc) is 2.97. The van der Waals surface area contributed by atoms with Crippen LogP contribution < -0.4 is 0 Å². The van der Waals surface area contributed by atoms with Crippen LogP contribution in [0.1, 0.15) is 65.7 Å². The van der Waals surface area contributed by atoms with Gasteiger partial charge in [0, 0.05) is 24.7 Å². The molecule has 0 unspecified atom stereocenters. The topological polar surface area (TPSA) is 38.1 Å². The Morgan fingerprint density at radius 2 is 1.80 bits per heavy atom. The van der Waals surface area contributed by atoms with Gasteiger partial charge in [0.05, 0.1) is 17.8 Å². The summed E-state index contributed by atoms with van der Waals surface area (Å²) in [6.45, 7) is 3.39. The zero-order valence-corrected chi connectivity index (χ0v) is 14.6. The number of halogens is 1. The van der Waals surface area contributed by atoms with Crippen molar-refractivity contribution in [2.45, 2.75) is 51.0 Å². The normalized spacial score (nSPS) is 19.0. The van der Waals surface area contributed by atoms with E-state index in [1.165, 1.54) is 31.4 Å². The summed E-state index contributed by atoms with van der Waals surface area (Å²) in [6.07, 6.45) is 7.86. The molecule has 2 aromatic rings. The van der Waals surface area contributed by atoms with Crippen LogP contribution in [0.25, 0.3) is 0 Å². The molecule has 0 spiro atoms. The van der Waals surface area contributed by atoms with Crippen molar-refractivity contribution in [2.24, 2.45) is 0 Å². The highest BCUT2D eigenvalue weighted by Crippen LogP contribution is 2.31. The number of nitrogens with zero attached hydrogens (tertiary/aromatic N) is 3. The van der Waals surface area contributed by atoms with E-state index in [-0.39, 0.29) is 11.7 Å². The molecule has 4 rings (SSSR count). The Kier molecular flexibility index (Phi) is 4.32. The lowest BCUT2D eigenvalue weighted by Crippen LogP contribution is -2.48. The van der Waals surface area contributed by atoms with Crippen molar-refractivity contribution in [3.8, 4) is 0 Å². The molecule has 25 heavy (non-hydrogen) atoms. The van der Waals surface area contributed by atoms with Gasteiger partial charge in [-0.1, -0.05) is 31.4 Å². The molecule has 2 fully saturated rings. The third kappa shape index (κ3) is 3.08. The fourth-order valence-corrected chi connectivity index (χ4v) is 4.09. The van der Waals surface area contributed by atoms with Crippen LogP contribution in [0, 0.1) is 12.7 Å². The molecule has 0 radical (unpaired) electrons. The number of hydrogen-bond acceptors (Lipinski definition) is 2. The standard InChI is InChI=1S/C20H24FN3O/c1-14-19(11-22-24(14)18-5-3-2-4-6-18)20(25)23-12-16(13-23)15-7-9-17(21)10-8-15/h7-11,16,18H,2-6,12-13H2,1H3. The first-order valence-electron chi connectivity index (χ1n) is 9.22. The fourth-order valence-electron chi connectivity index (χ4n) is 4.09. The van der Waals surface area contributed by atoms with E-state index in [0.29, 0.717) is 25.0 Å². The first-order valence-corrected chi connectivity index (χ1v) is 9.22. The van der Waals surface area contributed by atoms with Crippen LogP contribution in [0.5, 0.6) is 0 Å². The number of amides is 1. The quantitative estimate of drug-likeness (QED) is 0.844. The second kappa shape index (κ2) is 6.62. The molecule has 1 aliphatic carbocycles. The Bertz CT molecular complexity index is 756. The lowest BCUT2D eigenvalue weighted by atomic mass is 9.91. The highest BCUT2D eigenvalue weighted by Gasteiger charge is 2.34. The van der Waals surface area contributed by atoms with Gasteiger partial charge in [0.1, 0.15) is 5.82 Å². The van der Waals surface area contributed by atoms with E-state index in [4.69, 9.17) is 0 Å². The van der Waals surface area contributed by atoms with E-state index in [9.17, 15) is 9.18 Å². The molecule has 0 N–H and O–H groups in total.